The number of benzene rings is 3. The van der Waals surface area contributed by atoms with Crippen molar-refractivity contribution in [3.05, 3.63) is 83.9 Å². The summed E-state index contributed by atoms with van der Waals surface area (Å²) in [6, 6.07) is 24.4. The van der Waals surface area contributed by atoms with Crippen LogP contribution in [0.15, 0.2) is 77.8 Å². The van der Waals surface area contributed by atoms with E-state index < -0.39 is 0 Å². The zero-order chi connectivity index (χ0) is 30.3. The molecule has 1 atom stereocenters. The summed E-state index contributed by atoms with van der Waals surface area (Å²) in [4.78, 5) is 30.3. The van der Waals surface area contributed by atoms with Gasteiger partial charge in [0.1, 0.15) is 5.75 Å². The normalized spacial score (nSPS) is 17.0. The number of aliphatic imine (C=N–C) groups is 1. The molecule has 1 saturated heterocycles. The monoisotopic (exact) mass is 583 g/mol. The van der Waals surface area contributed by atoms with E-state index >= 15 is 0 Å². The molecule has 0 spiro atoms. The van der Waals surface area contributed by atoms with E-state index in [-0.39, 0.29) is 11.9 Å². The molecule has 2 heterocycles. The lowest BCUT2D eigenvalue weighted by atomic mass is 9.97. The largest absolute Gasteiger partial charge is 0.497 e. The van der Waals surface area contributed by atoms with Crippen molar-refractivity contribution in [2.75, 3.05) is 84.4 Å². The van der Waals surface area contributed by atoms with Gasteiger partial charge in [-0.15, -0.1) is 0 Å². The highest BCUT2D eigenvalue weighted by Gasteiger charge is 2.36. The number of likely N-dealkylation sites (N-methyl/N-ethyl adjacent to an activating group) is 1. The Balaban J connectivity index is 1.42. The van der Waals surface area contributed by atoms with Gasteiger partial charge in [-0.3, -0.25) is 9.69 Å². The van der Waals surface area contributed by atoms with Crippen LogP contribution in [0.4, 0.5) is 17.1 Å². The number of hydrogen-bond donors (Lipinski definition) is 1. The van der Waals surface area contributed by atoms with Crippen LogP contribution in [0.3, 0.4) is 0 Å². The molecule has 0 aromatic heterocycles. The number of anilines is 2. The van der Waals surface area contributed by atoms with Crippen LogP contribution in [0, 0.1) is 0 Å². The van der Waals surface area contributed by atoms with Crippen LogP contribution in [-0.2, 0) is 11.3 Å². The van der Waals surface area contributed by atoms with Crippen molar-refractivity contribution >= 4 is 28.9 Å². The Kier molecular flexibility index (Phi) is 9.84. The molecule has 1 N–H and O–H groups in total. The number of nitrogens with zero attached hydrogens (tertiary/aromatic N) is 6. The summed E-state index contributed by atoms with van der Waals surface area (Å²) in [5.74, 6) is 1.71. The maximum absolute atomic E-state index is 13.6. The number of methoxy groups -OCH3 is 1. The third kappa shape index (κ3) is 7.47. The molecule has 9 heteroatoms. The van der Waals surface area contributed by atoms with Gasteiger partial charge in [0.2, 0.25) is 11.9 Å². The second-order valence-electron chi connectivity index (χ2n) is 11.7. The Bertz CT molecular complexity index is 1380. The minimum atomic E-state index is -0.198. The fourth-order valence-corrected chi connectivity index (χ4v) is 5.65. The summed E-state index contributed by atoms with van der Waals surface area (Å²) in [6.45, 7) is 6.30. The molecule has 0 aliphatic carbocycles. The predicted molar refractivity (Wildman–Crippen MR) is 176 cm³/mol. The molecule has 0 bridgehead atoms. The van der Waals surface area contributed by atoms with Crippen molar-refractivity contribution in [1.29, 1.82) is 0 Å². The first-order valence-electron chi connectivity index (χ1n) is 15.1. The van der Waals surface area contributed by atoms with Crippen molar-refractivity contribution in [3.63, 3.8) is 0 Å². The topological polar surface area (TPSA) is 66.9 Å². The maximum Gasteiger partial charge on any atom is 0.222 e. The number of amides is 1. The number of rotatable bonds is 10. The van der Waals surface area contributed by atoms with E-state index in [4.69, 9.17) is 9.73 Å². The molecule has 228 valence electrons. The number of carbonyl (C=O) groups excluding carboxylic acids is 1. The molecule has 3 aromatic rings. The first-order valence-corrected chi connectivity index (χ1v) is 15.1. The molecule has 1 unspecified atom stereocenters. The molecular weight excluding hydrogens is 538 g/mol. The molecule has 9 nitrogen and oxygen atoms in total. The Hall–Kier alpha value is -4.08. The summed E-state index contributed by atoms with van der Waals surface area (Å²) < 4.78 is 5.27. The van der Waals surface area contributed by atoms with Gasteiger partial charge in [-0.25, -0.2) is 4.99 Å². The number of nitrogens with one attached hydrogen (secondary N) is 1. The fraction of sp³-hybridized carbons (Fsp3) is 0.412. The number of hydrogen-bond acceptors (Lipinski definition) is 8. The van der Waals surface area contributed by atoms with Gasteiger partial charge in [0, 0.05) is 76.8 Å². The zero-order valence-corrected chi connectivity index (χ0v) is 26.2. The van der Waals surface area contributed by atoms with E-state index in [9.17, 15) is 4.79 Å². The molecule has 0 saturated carbocycles. The molecule has 0 radical (unpaired) electrons. The number of guanidine groups is 1. The van der Waals surface area contributed by atoms with Crippen LogP contribution in [0.1, 0.15) is 23.6 Å². The minimum Gasteiger partial charge on any atom is -0.497 e. The second kappa shape index (κ2) is 13.9. The van der Waals surface area contributed by atoms with Crippen LogP contribution in [0.5, 0.6) is 5.75 Å². The van der Waals surface area contributed by atoms with E-state index in [0.717, 1.165) is 79.2 Å². The standard InChI is InChI=1S/C34H45N7O2/c1-37(2)18-19-39-20-22-40(23-21-39)34-36-31-9-7-6-8-30(31)32(41(34)28-14-12-27(13-15-28)38(3)4)24-33(42)35-25-26-10-16-29(43-5)17-11-26/h6-17,32H,18-25H2,1-5H3,(H,35,42). The van der Waals surface area contributed by atoms with Crippen LogP contribution >= 0.6 is 0 Å². The lowest BCUT2D eigenvalue weighted by Gasteiger charge is -2.45. The fourth-order valence-electron chi connectivity index (χ4n) is 5.65. The lowest BCUT2D eigenvalue weighted by Crippen LogP contribution is -2.56. The Labute approximate surface area is 256 Å². The third-order valence-electron chi connectivity index (χ3n) is 8.23. The van der Waals surface area contributed by atoms with Gasteiger partial charge >= 0.3 is 0 Å². The molecular formula is C34H45N7O2. The average molecular weight is 584 g/mol. The number of para-hydroxylation sites is 1. The van der Waals surface area contributed by atoms with Gasteiger partial charge < -0.3 is 29.7 Å². The summed E-state index contributed by atoms with van der Waals surface area (Å²) in [7, 11) is 9.99. The quantitative estimate of drug-likeness (QED) is 0.384. The van der Waals surface area contributed by atoms with Crippen molar-refractivity contribution in [3.8, 4) is 5.75 Å². The van der Waals surface area contributed by atoms with Gasteiger partial charge in [-0.05, 0) is 62.1 Å². The first-order chi connectivity index (χ1) is 20.8. The van der Waals surface area contributed by atoms with Gasteiger partial charge in [-0.2, -0.15) is 0 Å². The van der Waals surface area contributed by atoms with Crippen molar-refractivity contribution in [2.24, 2.45) is 4.99 Å². The van der Waals surface area contributed by atoms with Gasteiger partial charge in [0.05, 0.1) is 25.3 Å². The van der Waals surface area contributed by atoms with E-state index in [2.05, 4.69) is 80.3 Å². The molecule has 1 fully saturated rings. The van der Waals surface area contributed by atoms with E-state index in [1.165, 1.54) is 0 Å². The Morgan fingerprint density at radius 1 is 0.930 bits per heavy atom. The van der Waals surface area contributed by atoms with E-state index in [0.29, 0.717) is 13.0 Å². The lowest BCUT2D eigenvalue weighted by molar-refractivity contribution is -0.121. The number of ether oxygens (including phenoxy) is 1. The highest BCUT2D eigenvalue weighted by Crippen LogP contribution is 2.41. The van der Waals surface area contributed by atoms with Crippen LogP contribution in [0.25, 0.3) is 0 Å². The van der Waals surface area contributed by atoms with Gasteiger partial charge in [0.25, 0.3) is 0 Å². The molecule has 2 aliphatic heterocycles. The maximum atomic E-state index is 13.6. The number of fused-ring (bicyclic) bond motifs is 1. The Morgan fingerprint density at radius 3 is 2.28 bits per heavy atom. The average Bonchev–Trinajstić information content (AvgIpc) is 3.03. The number of carbonyl (C=O) groups is 1. The van der Waals surface area contributed by atoms with Crippen LogP contribution < -0.4 is 19.9 Å². The Morgan fingerprint density at radius 2 is 1.63 bits per heavy atom. The summed E-state index contributed by atoms with van der Waals surface area (Å²) in [5.41, 5.74) is 5.18. The van der Waals surface area contributed by atoms with E-state index in [1.54, 1.807) is 7.11 Å². The van der Waals surface area contributed by atoms with Crippen LogP contribution in [-0.4, -0.2) is 101 Å². The highest BCUT2D eigenvalue weighted by molar-refractivity contribution is 6.01. The first kappa shape index (κ1) is 30.4. The molecule has 3 aromatic carbocycles. The zero-order valence-electron chi connectivity index (χ0n) is 26.2. The van der Waals surface area contributed by atoms with Crippen molar-refractivity contribution < 1.29 is 9.53 Å². The minimum absolute atomic E-state index is 0.000266. The molecule has 43 heavy (non-hydrogen) atoms. The summed E-state index contributed by atoms with van der Waals surface area (Å²) >= 11 is 0. The molecule has 5 rings (SSSR count). The number of piperazine rings is 1. The molecule has 1 amide bonds. The second-order valence-corrected chi connectivity index (χ2v) is 11.7. The van der Waals surface area contributed by atoms with Crippen LogP contribution in [0.2, 0.25) is 0 Å². The molecule has 2 aliphatic rings. The summed E-state index contributed by atoms with van der Waals surface area (Å²) in [5, 5.41) is 3.16. The van der Waals surface area contributed by atoms with E-state index in [1.807, 2.05) is 50.5 Å². The summed E-state index contributed by atoms with van der Waals surface area (Å²) in [6.07, 6.45) is 0.310. The predicted octanol–water partition coefficient (Wildman–Crippen LogP) is 4.20. The smallest absolute Gasteiger partial charge is 0.222 e. The van der Waals surface area contributed by atoms with Gasteiger partial charge in [0.15, 0.2) is 0 Å². The van der Waals surface area contributed by atoms with Gasteiger partial charge in [-0.1, -0.05) is 30.3 Å². The van der Waals surface area contributed by atoms with Crippen molar-refractivity contribution in [2.45, 2.75) is 19.0 Å². The van der Waals surface area contributed by atoms with Crippen molar-refractivity contribution in [1.82, 2.24) is 20.0 Å². The highest BCUT2D eigenvalue weighted by atomic mass is 16.5. The SMILES string of the molecule is COc1ccc(CNC(=O)CC2c3ccccc3N=C(N3CCN(CCN(C)C)CC3)N2c2ccc(N(C)C)cc2)cc1. The third-order valence-corrected chi connectivity index (χ3v) is 8.23.